The van der Waals surface area contributed by atoms with Crippen LogP contribution in [0.15, 0.2) is 17.5 Å². The molecule has 3 heteroatoms. The standard InChI is InChI=1S/C14H25NOS/c1-4-6-11(2)10-15-12(3)9-13(16)14-7-5-8-17-14/h5,7-8,11-13,15-16H,4,6,9-10H2,1-3H3. The first-order valence-electron chi connectivity index (χ1n) is 6.58. The number of hydrogen-bond donors (Lipinski definition) is 2. The maximum absolute atomic E-state index is 10.0. The van der Waals surface area contributed by atoms with Crippen molar-refractivity contribution in [1.29, 1.82) is 0 Å². The van der Waals surface area contributed by atoms with Crippen molar-refractivity contribution < 1.29 is 5.11 Å². The molecular weight excluding hydrogens is 230 g/mol. The minimum atomic E-state index is -0.320. The highest BCUT2D eigenvalue weighted by molar-refractivity contribution is 7.10. The van der Waals surface area contributed by atoms with Crippen LogP contribution in [0, 0.1) is 5.92 Å². The Morgan fingerprint density at radius 1 is 1.41 bits per heavy atom. The third-order valence-electron chi connectivity index (χ3n) is 3.04. The predicted molar refractivity (Wildman–Crippen MR) is 75.4 cm³/mol. The Labute approximate surface area is 109 Å². The molecule has 3 unspecified atom stereocenters. The number of nitrogens with one attached hydrogen (secondary N) is 1. The summed E-state index contributed by atoms with van der Waals surface area (Å²) in [5, 5.41) is 15.5. The predicted octanol–water partition coefficient (Wildman–Crippen LogP) is 3.59. The van der Waals surface area contributed by atoms with Gasteiger partial charge in [0, 0.05) is 10.9 Å². The van der Waals surface area contributed by atoms with Gasteiger partial charge in [0.25, 0.3) is 0 Å². The Bertz CT molecular complexity index is 286. The van der Waals surface area contributed by atoms with E-state index in [1.807, 2.05) is 17.5 Å². The zero-order valence-corrected chi connectivity index (χ0v) is 12.0. The fourth-order valence-electron chi connectivity index (χ4n) is 2.01. The van der Waals surface area contributed by atoms with E-state index in [-0.39, 0.29) is 6.10 Å². The molecule has 0 aliphatic rings. The molecule has 0 aromatic carbocycles. The molecule has 0 aliphatic heterocycles. The Hall–Kier alpha value is -0.380. The quantitative estimate of drug-likeness (QED) is 0.744. The van der Waals surface area contributed by atoms with Crippen LogP contribution >= 0.6 is 11.3 Å². The van der Waals surface area contributed by atoms with Crippen LogP contribution in [-0.2, 0) is 0 Å². The third-order valence-corrected chi connectivity index (χ3v) is 4.02. The number of rotatable bonds is 8. The van der Waals surface area contributed by atoms with E-state index in [2.05, 4.69) is 26.1 Å². The first kappa shape index (κ1) is 14.7. The first-order valence-corrected chi connectivity index (χ1v) is 7.46. The molecule has 17 heavy (non-hydrogen) atoms. The molecule has 2 nitrogen and oxygen atoms in total. The van der Waals surface area contributed by atoms with Crippen LogP contribution in [0.5, 0.6) is 0 Å². The molecule has 0 radical (unpaired) electrons. The van der Waals surface area contributed by atoms with E-state index >= 15 is 0 Å². The van der Waals surface area contributed by atoms with Gasteiger partial charge in [-0.25, -0.2) is 0 Å². The Morgan fingerprint density at radius 3 is 2.76 bits per heavy atom. The molecule has 0 aliphatic carbocycles. The fraction of sp³-hybridized carbons (Fsp3) is 0.714. The van der Waals surface area contributed by atoms with Crippen molar-refractivity contribution in [3.63, 3.8) is 0 Å². The lowest BCUT2D eigenvalue weighted by atomic mass is 10.0. The molecule has 0 spiro atoms. The van der Waals surface area contributed by atoms with Crippen LogP contribution in [0.1, 0.15) is 51.0 Å². The van der Waals surface area contributed by atoms with Crippen molar-refractivity contribution in [2.24, 2.45) is 5.92 Å². The van der Waals surface area contributed by atoms with Crippen LogP contribution in [-0.4, -0.2) is 17.7 Å². The maximum atomic E-state index is 10.0. The lowest BCUT2D eigenvalue weighted by Crippen LogP contribution is -2.31. The van der Waals surface area contributed by atoms with Crippen molar-refractivity contribution in [2.45, 2.75) is 52.2 Å². The van der Waals surface area contributed by atoms with E-state index in [1.165, 1.54) is 12.8 Å². The minimum Gasteiger partial charge on any atom is -0.388 e. The fourth-order valence-corrected chi connectivity index (χ4v) is 2.74. The van der Waals surface area contributed by atoms with Crippen molar-refractivity contribution in [2.75, 3.05) is 6.54 Å². The van der Waals surface area contributed by atoms with Crippen LogP contribution in [0.3, 0.4) is 0 Å². The van der Waals surface area contributed by atoms with Gasteiger partial charge in [-0.1, -0.05) is 26.3 Å². The van der Waals surface area contributed by atoms with E-state index in [9.17, 15) is 5.11 Å². The van der Waals surface area contributed by atoms with Gasteiger partial charge < -0.3 is 10.4 Å². The highest BCUT2D eigenvalue weighted by Crippen LogP contribution is 2.22. The highest BCUT2D eigenvalue weighted by Gasteiger charge is 2.13. The van der Waals surface area contributed by atoms with Gasteiger partial charge in [-0.3, -0.25) is 0 Å². The summed E-state index contributed by atoms with van der Waals surface area (Å²) in [5.41, 5.74) is 0. The van der Waals surface area contributed by atoms with Crippen LogP contribution < -0.4 is 5.32 Å². The van der Waals surface area contributed by atoms with Crippen molar-refractivity contribution in [3.8, 4) is 0 Å². The van der Waals surface area contributed by atoms with Gasteiger partial charge in [0.1, 0.15) is 0 Å². The smallest absolute Gasteiger partial charge is 0.0896 e. The zero-order chi connectivity index (χ0) is 12.7. The second kappa shape index (κ2) is 7.85. The third kappa shape index (κ3) is 5.66. The summed E-state index contributed by atoms with van der Waals surface area (Å²) >= 11 is 1.63. The van der Waals surface area contributed by atoms with E-state index < -0.39 is 0 Å². The van der Waals surface area contributed by atoms with E-state index in [0.29, 0.717) is 6.04 Å². The van der Waals surface area contributed by atoms with Gasteiger partial charge in [-0.2, -0.15) is 0 Å². The lowest BCUT2D eigenvalue weighted by molar-refractivity contribution is 0.156. The van der Waals surface area contributed by atoms with Crippen LogP contribution in [0.25, 0.3) is 0 Å². The molecule has 0 saturated carbocycles. The molecule has 1 aromatic rings. The lowest BCUT2D eigenvalue weighted by Gasteiger charge is -2.19. The zero-order valence-electron chi connectivity index (χ0n) is 11.1. The van der Waals surface area contributed by atoms with Crippen molar-refractivity contribution >= 4 is 11.3 Å². The average Bonchev–Trinajstić information content (AvgIpc) is 2.80. The van der Waals surface area contributed by atoms with E-state index in [0.717, 1.165) is 23.8 Å². The summed E-state index contributed by atoms with van der Waals surface area (Å²) in [4.78, 5) is 1.07. The first-order chi connectivity index (χ1) is 8.13. The van der Waals surface area contributed by atoms with E-state index in [4.69, 9.17) is 0 Å². The summed E-state index contributed by atoms with van der Waals surface area (Å²) in [6, 6.07) is 4.36. The second-order valence-electron chi connectivity index (χ2n) is 4.97. The monoisotopic (exact) mass is 255 g/mol. The second-order valence-corrected chi connectivity index (χ2v) is 5.95. The molecular formula is C14H25NOS. The normalized spacial score (nSPS) is 16.7. The van der Waals surface area contributed by atoms with Gasteiger partial charge in [0.05, 0.1) is 6.10 Å². The molecule has 1 rings (SSSR count). The number of aliphatic hydroxyl groups excluding tert-OH is 1. The Balaban J connectivity index is 2.22. The van der Waals surface area contributed by atoms with Crippen LogP contribution in [0.2, 0.25) is 0 Å². The van der Waals surface area contributed by atoms with Gasteiger partial charge >= 0.3 is 0 Å². The van der Waals surface area contributed by atoms with Gasteiger partial charge in [0.2, 0.25) is 0 Å². The average molecular weight is 255 g/mol. The summed E-state index contributed by atoms with van der Waals surface area (Å²) < 4.78 is 0. The highest BCUT2D eigenvalue weighted by atomic mass is 32.1. The molecule has 98 valence electrons. The van der Waals surface area contributed by atoms with Gasteiger partial charge in [-0.05, 0) is 43.7 Å². The molecule has 2 N–H and O–H groups in total. The SMILES string of the molecule is CCCC(C)CNC(C)CC(O)c1cccs1. The summed E-state index contributed by atoms with van der Waals surface area (Å²) in [6.07, 6.45) is 2.99. The summed E-state index contributed by atoms with van der Waals surface area (Å²) in [6.45, 7) is 7.70. The van der Waals surface area contributed by atoms with Crippen molar-refractivity contribution in [1.82, 2.24) is 5.32 Å². The largest absolute Gasteiger partial charge is 0.388 e. The van der Waals surface area contributed by atoms with E-state index in [1.54, 1.807) is 11.3 Å². The maximum Gasteiger partial charge on any atom is 0.0896 e. The summed E-state index contributed by atoms with van der Waals surface area (Å²) in [7, 11) is 0. The minimum absolute atomic E-state index is 0.320. The van der Waals surface area contributed by atoms with Gasteiger partial charge in [0.15, 0.2) is 0 Å². The molecule has 3 atom stereocenters. The van der Waals surface area contributed by atoms with Gasteiger partial charge in [-0.15, -0.1) is 11.3 Å². The summed E-state index contributed by atoms with van der Waals surface area (Å²) in [5.74, 6) is 0.723. The molecule has 1 heterocycles. The number of aliphatic hydroxyl groups is 1. The molecule has 0 amide bonds. The topological polar surface area (TPSA) is 32.3 Å². The number of hydrogen-bond acceptors (Lipinski definition) is 3. The molecule has 0 bridgehead atoms. The molecule has 0 saturated heterocycles. The molecule has 1 aromatic heterocycles. The molecule has 0 fully saturated rings. The van der Waals surface area contributed by atoms with Crippen molar-refractivity contribution in [3.05, 3.63) is 22.4 Å². The Kier molecular flexibility index (Phi) is 6.78. The number of thiophene rings is 1. The Morgan fingerprint density at radius 2 is 2.18 bits per heavy atom. The van der Waals surface area contributed by atoms with Crippen LogP contribution in [0.4, 0.5) is 0 Å².